The second-order valence-electron chi connectivity index (χ2n) is 5.18. The fraction of sp³-hybridized carbons (Fsp3) is 0.222. The molecular formula is C18H18N2S3. The van der Waals surface area contributed by atoms with E-state index in [2.05, 4.69) is 72.6 Å². The molecule has 5 heteroatoms. The summed E-state index contributed by atoms with van der Waals surface area (Å²) < 4.78 is 2.06. The molecular weight excluding hydrogens is 340 g/mol. The van der Waals surface area contributed by atoms with Gasteiger partial charge in [-0.25, -0.2) is 0 Å². The Bertz CT molecular complexity index is 666. The van der Waals surface area contributed by atoms with Crippen LogP contribution in [0, 0.1) is 0 Å². The van der Waals surface area contributed by atoms with Gasteiger partial charge in [-0.3, -0.25) is 0 Å². The van der Waals surface area contributed by atoms with Gasteiger partial charge in [0, 0.05) is 10.5 Å². The van der Waals surface area contributed by atoms with E-state index < -0.39 is 0 Å². The predicted octanol–water partition coefficient (Wildman–Crippen LogP) is 6.24. The molecule has 0 radical (unpaired) electrons. The van der Waals surface area contributed by atoms with Gasteiger partial charge in [0.05, 0.1) is 0 Å². The lowest BCUT2D eigenvalue weighted by Gasteiger charge is -2.09. The predicted molar refractivity (Wildman–Crippen MR) is 101 cm³/mol. The first kappa shape index (κ1) is 16.6. The second-order valence-corrected chi connectivity index (χ2v) is 9.33. The molecule has 118 valence electrons. The summed E-state index contributed by atoms with van der Waals surface area (Å²) in [5, 5.41) is 9.44. The Morgan fingerprint density at radius 3 is 1.48 bits per heavy atom. The lowest BCUT2D eigenvalue weighted by molar-refractivity contribution is 0.944. The van der Waals surface area contributed by atoms with Crippen molar-refractivity contribution in [3.63, 3.8) is 0 Å². The monoisotopic (exact) mass is 358 g/mol. The molecule has 23 heavy (non-hydrogen) atoms. The first-order valence-electron chi connectivity index (χ1n) is 7.49. The van der Waals surface area contributed by atoms with E-state index in [9.17, 15) is 0 Å². The summed E-state index contributed by atoms with van der Waals surface area (Å²) in [6, 6.07) is 21.0. The van der Waals surface area contributed by atoms with Crippen molar-refractivity contribution in [2.75, 3.05) is 0 Å². The lowest BCUT2D eigenvalue weighted by atomic mass is 10.2. The van der Waals surface area contributed by atoms with Crippen LogP contribution in [0.25, 0.3) is 0 Å². The van der Waals surface area contributed by atoms with Gasteiger partial charge in [0.15, 0.2) is 8.68 Å². The number of thioether (sulfide) groups is 2. The third kappa shape index (κ3) is 4.59. The molecule has 0 saturated heterocycles. The van der Waals surface area contributed by atoms with E-state index >= 15 is 0 Å². The van der Waals surface area contributed by atoms with Crippen molar-refractivity contribution in [2.45, 2.75) is 33.0 Å². The number of nitrogens with zero attached hydrogens (tertiary/aromatic N) is 2. The fourth-order valence-electron chi connectivity index (χ4n) is 2.18. The van der Waals surface area contributed by atoms with Crippen molar-refractivity contribution in [1.82, 2.24) is 10.2 Å². The molecule has 1 heterocycles. The smallest absolute Gasteiger partial charge is 0.131 e. The number of benzene rings is 2. The minimum Gasteiger partial charge on any atom is -0.131 e. The lowest BCUT2D eigenvalue weighted by Crippen LogP contribution is -1.87. The zero-order chi connectivity index (χ0) is 16.1. The molecule has 2 aromatic carbocycles. The molecule has 3 rings (SSSR count). The normalized spacial score (nSPS) is 13.7. The minimum atomic E-state index is 0.383. The molecule has 0 N–H and O–H groups in total. The fourth-order valence-corrected chi connectivity index (χ4v) is 5.74. The molecule has 0 aliphatic heterocycles. The maximum Gasteiger partial charge on any atom is 0.175 e. The Kier molecular flexibility index (Phi) is 5.75. The highest BCUT2D eigenvalue weighted by Gasteiger charge is 2.14. The molecule has 2 nitrogen and oxygen atoms in total. The molecule has 2 unspecified atom stereocenters. The van der Waals surface area contributed by atoms with E-state index in [-0.39, 0.29) is 0 Å². The highest BCUT2D eigenvalue weighted by atomic mass is 32.2. The van der Waals surface area contributed by atoms with Gasteiger partial charge in [-0.15, -0.1) is 10.2 Å². The molecule has 0 aliphatic carbocycles. The zero-order valence-electron chi connectivity index (χ0n) is 13.0. The van der Waals surface area contributed by atoms with Gasteiger partial charge in [-0.1, -0.05) is 95.5 Å². The van der Waals surface area contributed by atoms with Crippen LogP contribution < -0.4 is 0 Å². The van der Waals surface area contributed by atoms with Gasteiger partial charge in [0.1, 0.15) is 0 Å². The van der Waals surface area contributed by atoms with Crippen LogP contribution in [0.15, 0.2) is 69.3 Å². The summed E-state index contributed by atoms with van der Waals surface area (Å²) in [6.45, 7) is 4.42. The SMILES string of the molecule is CC(Sc1nnc(SC(C)c2ccccc2)s1)c1ccccc1. The van der Waals surface area contributed by atoms with E-state index in [0.29, 0.717) is 10.5 Å². The minimum absolute atomic E-state index is 0.383. The van der Waals surface area contributed by atoms with Crippen molar-refractivity contribution < 1.29 is 0 Å². The Morgan fingerprint density at radius 2 is 1.09 bits per heavy atom. The highest BCUT2D eigenvalue weighted by Crippen LogP contribution is 2.41. The van der Waals surface area contributed by atoms with Crippen LogP contribution >= 0.6 is 34.9 Å². The summed E-state index contributed by atoms with van der Waals surface area (Å²) in [5.41, 5.74) is 2.64. The van der Waals surface area contributed by atoms with Crippen LogP contribution in [0.1, 0.15) is 35.5 Å². The zero-order valence-corrected chi connectivity index (χ0v) is 15.5. The van der Waals surface area contributed by atoms with Crippen molar-refractivity contribution in [1.29, 1.82) is 0 Å². The summed E-state index contributed by atoms with van der Waals surface area (Å²) >= 11 is 5.23. The van der Waals surface area contributed by atoms with Crippen molar-refractivity contribution in [3.05, 3.63) is 71.8 Å². The molecule has 0 amide bonds. The van der Waals surface area contributed by atoms with Gasteiger partial charge in [-0.05, 0) is 25.0 Å². The Balaban J connectivity index is 1.62. The maximum atomic E-state index is 4.34. The molecule has 3 aromatic rings. The van der Waals surface area contributed by atoms with Crippen molar-refractivity contribution in [2.24, 2.45) is 0 Å². The third-order valence-electron chi connectivity index (χ3n) is 3.48. The summed E-state index contributed by atoms with van der Waals surface area (Å²) in [7, 11) is 0. The van der Waals surface area contributed by atoms with Crippen LogP contribution in [-0.4, -0.2) is 10.2 Å². The molecule has 0 aliphatic rings. The molecule has 2 atom stereocenters. The first-order valence-corrected chi connectivity index (χ1v) is 10.1. The van der Waals surface area contributed by atoms with Crippen molar-refractivity contribution in [3.8, 4) is 0 Å². The van der Waals surface area contributed by atoms with Gasteiger partial charge < -0.3 is 0 Å². The number of hydrogen-bond donors (Lipinski definition) is 0. The van der Waals surface area contributed by atoms with Gasteiger partial charge in [-0.2, -0.15) is 0 Å². The van der Waals surface area contributed by atoms with Gasteiger partial charge in [0.25, 0.3) is 0 Å². The average molecular weight is 359 g/mol. The number of rotatable bonds is 6. The van der Waals surface area contributed by atoms with E-state index in [1.54, 1.807) is 34.9 Å². The molecule has 0 bridgehead atoms. The number of aromatic nitrogens is 2. The molecule has 0 fully saturated rings. The van der Waals surface area contributed by atoms with E-state index in [1.807, 2.05) is 12.1 Å². The second kappa shape index (κ2) is 7.99. The summed E-state index contributed by atoms with van der Waals surface area (Å²) in [6.07, 6.45) is 0. The molecule has 0 spiro atoms. The standard InChI is InChI=1S/C18H18N2S3/c1-13(15-9-5-3-6-10-15)21-17-19-20-18(23-17)22-14(2)16-11-7-4-8-12-16/h3-14H,1-2H3. The molecule has 1 aromatic heterocycles. The summed E-state index contributed by atoms with van der Waals surface area (Å²) in [4.78, 5) is 0. The maximum absolute atomic E-state index is 4.34. The van der Waals surface area contributed by atoms with Crippen LogP contribution in [0.3, 0.4) is 0 Å². The van der Waals surface area contributed by atoms with Crippen LogP contribution in [0.2, 0.25) is 0 Å². The number of hydrogen-bond acceptors (Lipinski definition) is 5. The van der Waals surface area contributed by atoms with E-state index in [0.717, 1.165) is 8.68 Å². The largest absolute Gasteiger partial charge is 0.175 e. The molecule has 0 saturated carbocycles. The Morgan fingerprint density at radius 1 is 0.696 bits per heavy atom. The highest BCUT2D eigenvalue weighted by molar-refractivity contribution is 8.03. The van der Waals surface area contributed by atoms with Gasteiger partial charge >= 0.3 is 0 Å². The third-order valence-corrected chi connectivity index (χ3v) is 6.89. The van der Waals surface area contributed by atoms with Gasteiger partial charge in [0.2, 0.25) is 0 Å². The Hall–Kier alpha value is -1.30. The average Bonchev–Trinajstić information content (AvgIpc) is 3.03. The first-order chi connectivity index (χ1) is 11.2. The van der Waals surface area contributed by atoms with Crippen molar-refractivity contribution >= 4 is 34.9 Å². The van der Waals surface area contributed by atoms with Crippen LogP contribution in [0.4, 0.5) is 0 Å². The van der Waals surface area contributed by atoms with Crippen LogP contribution in [0.5, 0.6) is 0 Å². The quantitative estimate of drug-likeness (QED) is 0.487. The van der Waals surface area contributed by atoms with E-state index in [1.165, 1.54) is 11.1 Å². The van der Waals surface area contributed by atoms with E-state index in [4.69, 9.17) is 0 Å². The topological polar surface area (TPSA) is 25.8 Å². The Labute approximate surface area is 149 Å². The summed E-state index contributed by atoms with van der Waals surface area (Å²) in [5.74, 6) is 0. The van der Waals surface area contributed by atoms with Crippen LogP contribution in [-0.2, 0) is 0 Å².